The number of nitrogens with two attached hydrogens (primary N) is 1. The Bertz CT molecular complexity index is 773. The lowest BCUT2D eigenvalue weighted by Crippen LogP contribution is -1.99. The molecule has 0 bridgehead atoms. The van der Waals surface area contributed by atoms with Crippen molar-refractivity contribution in [1.29, 1.82) is 0 Å². The number of hydrogen-bond acceptors (Lipinski definition) is 2. The molecule has 0 atom stereocenters. The van der Waals surface area contributed by atoms with Gasteiger partial charge < -0.3 is 10.7 Å². The van der Waals surface area contributed by atoms with Gasteiger partial charge in [0, 0.05) is 10.9 Å². The fourth-order valence-electron chi connectivity index (χ4n) is 2.99. The fraction of sp³-hybridized carbons (Fsp3) is 0.333. The van der Waals surface area contributed by atoms with Crippen molar-refractivity contribution in [3.8, 4) is 10.6 Å². The molecule has 2 heterocycles. The van der Waals surface area contributed by atoms with Crippen LogP contribution in [0.3, 0.4) is 0 Å². The fourth-order valence-corrected chi connectivity index (χ4v) is 4.06. The van der Waals surface area contributed by atoms with Gasteiger partial charge in [-0.15, -0.1) is 11.3 Å². The first-order valence-corrected chi connectivity index (χ1v) is 9.02. The van der Waals surface area contributed by atoms with Crippen LogP contribution < -0.4 is 5.73 Å². The molecule has 0 aliphatic rings. The first-order chi connectivity index (χ1) is 10.7. The molecule has 4 heteroatoms. The zero-order valence-corrected chi connectivity index (χ0v) is 14.4. The van der Waals surface area contributed by atoms with Crippen LogP contribution in [0.1, 0.15) is 30.9 Å². The topological polar surface area (TPSA) is 41.8 Å². The van der Waals surface area contributed by atoms with Crippen LogP contribution >= 0.6 is 22.9 Å². The highest BCUT2D eigenvalue weighted by Gasteiger charge is 2.15. The number of aryl methyl sites for hydroxylation is 2. The molecule has 0 aliphatic carbocycles. The molecule has 1 aromatic carbocycles. The molecule has 3 aromatic rings. The Hall–Kier alpha value is -1.29. The third-order valence-electron chi connectivity index (χ3n) is 4.11. The second-order valence-electron chi connectivity index (χ2n) is 5.52. The van der Waals surface area contributed by atoms with E-state index in [-0.39, 0.29) is 0 Å². The normalized spacial score (nSPS) is 11.4. The average molecular weight is 333 g/mol. The van der Waals surface area contributed by atoms with E-state index in [0.717, 1.165) is 36.6 Å². The average Bonchev–Trinajstić information content (AvgIpc) is 3.11. The van der Waals surface area contributed by atoms with Crippen LogP contribution in [0.2, 0.25) is 4.34 Å². The van der Waals surface area contributed by atoms with Crippen LogP contribution in [0.4, 0.5) is 0 Å². The van der Waals surface area contributed by atoms with Crippen LogP contribution in [-0.2, 0) is 12.8 Å². The summed E-state index contributed by atoms with van der Waals surface area (Å²) in [5, 5.41) is 1.34. The summed E-state index contributed by atoms with van der Waals surface area (Å²) in [4.78, 5) is 4.87. The number of nitrogens with one attached hydrogen (secondary N) is 1. The van der Waals surface area contributed by atoms with Crippen molar-refractivity contribution in [1.82, 2.24) is 4.98 Å². The largest absolute Gasteiger partial charge is 0.353 e. The van der Waals surface area contributed by atoms with Crippen molar-refractivity contribution in [2.24, 2.45) is 5.73 Å². The first kappa shape index (κ1) is 15.6. The molecular formula is C18H21ClN2S. The molecule has 116 valence electrons. The van der Waals surface area contributed by atoms with E-state index in [9.17, 15) is 0 Å². The number of H-pyrrole nitrogens is 1. The summed E-state index contributed by atoms with van der Waals surface area (Å²) in [6.07, 6.45) is 4.26. The van der Waals surface area contributed by atoms with Gasteiger partial charge in [-0.25, -0.2) is 0 Å². The molecule has 0 saturated heterocycles. The van der Waals surface area contributed by atoms with Crippen molar-refractivity contribution < 1.29 is 0 Å². The maximum atomic E-state index is 6.13. The third kappa shape index (κ3) is 2.94. The third-order valence-corrected chi connectivity index (χ3v) is 5.36. The Kier molecular flexibility index (Phi) is 4.87. The van der Waals surface area contributed by atoms with E-state index in [1.165, 1.54) is 32.6 Å². The van der Waals surface area contributed by atoms with Crippen molar-refractivity contribution >= 4 is 33.8 Å². The quantitative estimate of drug-likeness (QED) is 0.583. The molecule has 0 amide bonds. The van der Waals surface area contributed by atoms with Gasteiger partial charge >= 0.3 is 0 Å². The molecule has 3 rings (SSSR count). The van der Waals surface area contributed by atoms with Crippen LogP contribution in [0.25, 0.3) is 21.5 Å². The van der Waals surface area contributed by atoms with E-state index < -0.39 is 0 Å². The van der Waals surface area contributed by atoms with Gasteiger partial charge in [0.05, 0.1) is 14.9 Å². The molecule has 0 saturated carbocycles. The molecule has 22 heavy (non-hydrogen) atoms. The molecule has 0 unspecified atom stereocenters. The lowest BCUT2D eigenvalue weighted by atomic mass is 10.0. The lowest BCUT2D eigenvalue weighted by molar-refractivity contribution is 0.748. The number of unbranched alkanes of at least 4 members (excludes halogenated alkanes) is 1. The Morgan fingerprint density at radius 1 is 1.18 bits per heavy atom. The zero-order chi connectivity index (χ0) is 15.5. The van der Waals surface area contributed by atoms with Gasteiger partial charge in [-0.1, -0.05) is 36.7 Å². The molecular weight excluding hydrogens is 312 g/mol. The van der Waals surface area contributed by atoms with Crippen LogP contribution in [0.15, 0.2) is 30.3 Å². The van der Waals surface area contributed by atoms with Crippen LogP contribution in [0, 0.1) is 0 Å². The summed E-state index contributed by atoms with van der Waals surface area (Å²) in [6.45, 7) is 2.95. The lowest BCUT2D eigenvalue weighted by Gasteiger charge is -2.03. The van der Waals surface area contributed by atoms with Crippen LogP contribution in [0.5, 0.6) is 0 Å². The number of aromatic nitrogens is 1. The second-order valence-corrected chi connectivity index (χ2v) is 7.24. The zero-order valence-electron chi connectivity index (χ0n) is 12.8. The molecule has 0 fully saturated rings. The highest BCUT2D eigenvalue weighted by Crippen LogP contribution is 2.37. The Morgan fingerprint density at radius 3 is 2.73 bits per heavy atom. The minimum Gasteiger partial charge on any atom is -0.353 e. The van der Waals surface area contributed by atoms with Gasteiger partial charge in [0.1, 0.15) is 0 Å². The van der Waals surface area contributed by atoms with Crippen molar-refractivity contribution in [3.05, 3.63) is 45.8 Å². The van der Waals surface area contributed by atoms with Crippen molar-refractivity contribution in [2.75, 3.05) is 6.54 Å². The van der Waals surface area contributed by atoms with E-state index in [2.05, 4.69) is 36.2 Å². The summed E-state index contributed by atoms with van der Waals surface area (Å²) in [5.41, 5.74) is 10.9. The maximum Gasteiger partial charge on any atom is 0.0935 e. The summed E-state index contributed by atoms with van der Waals surface area (Å²) in [7, 11) is 0. The number of para-hydroxylation sites is 1. The Balaban J connectivity index is 2.14. The minimum atomic E-state index is 0.753. The predicted octanol–water partition coefficient (Wildman–Crippen LogP) is 5.39. The Morgan fingerprint density at radius 2 is 2.05 bits per heavy atom. The van der Waals surface area contributed by atoms with E-state index in [1.54, 1.807) is 11.3 Å². The summed E-state index contributed by atoms with van der Waals surface area (Å²) in [6, 6.07) is 10.7. The smallest absolute Gasteiger partial charge is 0.0935 e. The van der Waals surface area contributed by atoms with Gasteiger partial charge in [-0.05, 0) is 55.5 Å². The molecule has 0 aliphatic heterocycles. The highest BCUT2D eigenvalue weighted by molar-refractivity contribution is 7.19. The van der Waals surface area contributed by atoms with Gasteiger partial charge in [-0.3, -0.25) is 0 Å². The summed E-state index contributed by atoms with van der Waals surface area (Å²) >= 11 is 7.77. The standard InChI is InChI=1S/C18H21ClN2S/c1-2-12-6-5-8-13-14(7-3-4-11-20)18(21-17(12)13)15-9-10-16(19)22-15/h5-6,8-10,21H,2-4,7,11,20H2,1H3. The Labute approximate surface area is 140 Å². The monoisotopic (exact) mass is 332 g/mol. The van der Waals surface area contributed by atoms with Gasteiger partial charge in [0.15, 0.2) is 0 Å². The molecule has 2 aromatic heterocycles. The van der Waals surface area contributed by atoms with Gasteiger partial charge in [0.2, 0.25) is 0 Å². The molecule has 3 N–H and O–H groups in total. The number of hydrogen-bond donors (Lipinski definition) is 2. The number of rotatable bonds is 6. The maximum absolute atomic E-state index is 6.13. The van der Waals surface area contributed by atoms with E-state index >= 15 is 0 Å². The molecule has 2 nitrogen and oxygen atoms in total. The number of aromatic amines is 1. The SMILES string of the molecule is CCc1cccc2c(CCCCN)c(-c3ccc(Cl)s3)[nH]c12. The summed E-state index contributed by atoms with van der Waals surface area (Å²) in [5.74, 6) is 0. The number of benzene rings is 1. The van der Waals surface area contributed by atoms with Gasteiger partial charge in [0.25, 0.3) is 0 Å². The highest BCUT2D eigenvalue weighted by atomic mass is 35.5. The van der Waals surface area contributed by atoms with Crippen molar-refractivity contribution in [3.63, 3.8) is 0 Å². The van der Waals surface area contributed by atoms with E-state index in [1.807, 2.05) is 6.07 Å². The molecule has 0 spiro atoms. The van der Waals surface area contributed by atoms with Crippen molar-refractivity contribution in [2.45, 2.75) is 32.6 Å². The molecule has 0 radical (unpaired) electrons. The first-order valence-electron chi connectivity index (χ1n) is 7.82. The number of halogens is 1. The van der Waals surface area contributed by atoms with E-state index in [0.29, 0.717) is 0 Å². The summed E-state index contributed by atoms with van der Waals surface area (Å²) < 4.78 is 0.831. The predicted molar refractivity (Wildman–Crippen MR) is 98.0 cm³/mol. The number of thiophene rings is 1. The minimum absolute atomic E-state index is 0.753. The number of fused-ring (bicyclic) bond motifs is 1. The second kappa shape index (κ2) is 6.86. The van der Waals surface area contributed by atoms with E-state index in [4.69, 9.17) is 17.3 Å². The van der Waals surface area contributed by atoms with Gasteiger partial charge in [-0.2, -0.15) is 0 Å². The van der Waals surface area contributed by atoms with Crippen LogP contribution in [-0.4, -0.2) is 11.5 Å².